The van der Waals surface area contributed by atoms with Crippen molar-refractivity contribution in [3.63, 3.8) is 0 Å². The highest BCUT2D eigenvalue weighted by Gasteiger charge is 2.24. The van der Waals surface area contributed by atoms with Gasteiger partial charge in [0.1, 0.15) is 12.4 Å². The number of ether oxygens (including phenoxy) is 2. The van der Waals surface area contributed by atoms with Gasteiger partial charge in [-0.25, -0.2) is 4.98 Å². The predicted octanol–water partition coefficient (Wildman–Crippen LogP) is 6.34. The minimum absolute atomic E-state index is 0.0571. The topological polar surface area (TPSA) is 90.3 Å². The van der Waals surface area contributed by atoms with Gasteiger partial charge in [0.25, 0.3) is 0 Å². The lowest BCUT2D eigenvalue weighted by atomic mass is 10.1. The first-order valence-corrected chi connectivity index (χ1v) is 10.0. The van der Waals surface area contributed by atoms with E-state index in [4.69, 9.17) is 32.7 Å². The number of halogens is 2. The van der Waals surface area contributed by atoms with Crippen LogP contribution in [0.25, 0.3) is 22.4 Å². The fraction of sp³-hybridized carbons (Fsp3) is 0.136. The maximum absolute atomic E-state index is 11.8. The number of aryl methyl sites for hydroxylation is 1. The van der Waals surface area contributed by atoms with Crippen molar-refractivity contribution in [1.29, 1.82) is 0 Å². The number of methoxy groups -OCH3 is 1. The first-order valence-electron chi connectivity index (χ1n) is 9.26. The van der Waals surface area contributed by atoms with Crippen molar-refractivity contribution in [3.8, 4) is 22.9 Å². The van der Waals surface area contributed by atoms with E-state index in [1.54, 1.807) is 18.2 Å². The zero-order valence-electron chi connectivity index (χ0n) is 16.6. The van der Waals surface area contributed by atoms with Crippen LogP contribution in [0, 0.1) is 17.0 Å². The first-order chi connectivity index (χ1) is 14.9. The minimum Gasteiger partial charge on any atom is -0.493 e. The van der Waals surface area contributed by atoms with Crippen LogP contribution in [0.4, 0.5) is 5.69 Å². The number of nitrogens with one attached hydrogen (secondary N) is 1. The van der Waals surface area contributed by atoms with E-state index in [0.29, 0.717) is 32.5 Å². The molecule has 7 nitrogen and oxygen atoms in total. The molecule has 1 N–H and O–H groups in total. The Hall–Kier alpha value is -3.29. The van der Waals surface area contributed by atoms with E-state index in [1.807, 2.05) is 31.2 Å². The summed E-state index contributed by atoms with van der Waals surface area (Å²) in [6, 6.07) is 14.0. The van der Waals surface area contributed by atoms with Gasteiger partial charge in [-0.1, -0.05) is 47.5 Å². The average Bonchev–Trinajstić information content (AvgIpc) is 3.15. The van der Waals surface area contributed by atoms with E-state index >= 15 is 0 Å². The van der Waals surface area contributed by atoms with Crippen LogP contribution in [0.15, 0.2) is 48.5 Å². The molecule has 0 aliphatic heterocycles. The Morgan fingerprint density at radius 3 is 2.58 bits per heavy atom. The second-order valence-electron chi connectivity index (χ2n) is 6.87. The Balaban J connectivity index is 1.76. The monoisotopic (exact) mass is 457 g/mol. The van der Waals surface area contributed by atoms with Crippen LogP contribution in [0.3, 0.4) is 0 Å². The van der Waals surface area contributed by atoms with Crippen LogP contribution in [-0.2, 0) is 6.61 Å². The molecule has 0 aliphatic rings. The number of nitro benzene ring substituents is 1. The molecule has 1 aromatic heterocycles. The van der Waals surface area contributed by atoms with Crippen LogP contribution < -0.4 is 9.47 Å². The van der Waals surface area contributed by atoms with Gasteiger partial charge in [-0.15, -0.1) is 0 Å². The summed E-state index contributed by atoms with van der Waals surface area (Å²) in [4.78, 5) is 18.9. The number of H-pyrrole nitrogens is 1. The van der Waals surface area contributed by atoms with Crippen molar-refractivity contribution in [2.75, 3.05) is 7.11 Å². The smallest absolute Gasteiger partial charge is 0.315 e. The van der Waals surface area contributed by atoms with Crippen LogP contribution in [-0.4, -0.2) is 22.0 Å². The van der Waals surface area contributed by atoms with E-state index in [2.05, 4.69) is 9.97 Å². The van der Waals surface area contributed by atoms with Gasteiger partial charge in [-0.2, -0.15) is 0 Å². The molecule has 0 fully saturated rings. The molecule has 0 bridgehead atoms. The molecule has 0 radical (unpaired) electrons. The predicted molar refractivity (Wildman–Crippen MR) is 120 cm³/mol. The highest BCUT2D eigenvalue weighted by molar-refractivity contribution is 6.42. The summed E-state index contributed by atoms with van der Waals surface area (Å²) >= 11 is 12.1. The zero-order valence-corrected chi connectivity index (χ0v) is 18.1. The van der Waals surface area contributed by atoms with Crippen LogP contribution in [0.2, 0.25) is 10.0 Å². The summed E-state index contributed by atoms with van der Waals surface area (Å²) in [7, 11) is 1.43. The molecule has 0 saturated heterocycles. The molecule has 3 aromatic carbocycles. The number of aromatic amines is 1. The number of fused-ring (bicyclic) bond motifs is 1. The summed E-state index contributed by atoms with van der Waals surface area (Å²) in [6.07, 6.45) is 0. The number of aromatic nitrogens is 2. The number of imidazole rings is 1. The largest absolute Gasteiger partial charge is 0.493 e. The summed E-state index contributed by atoms with van der Waals surface area (Å²) in [5.74, 6) is 0.705. The zero-order chi connectivity index (χ0) is 22.1. The Morgan fingerprint density at radius 2 is 1.87 bits per heavy atom. The van der Waals surface area contributed by atoms with Gasteiger partial charge in [-0.3, -0.25) is 10.1 Å². The van der Waals surface area contributed by atoms with Gasteiger partial charge in [-0.05, 0) is 36.2 Å². The third kappa shape index (κ3) is 4.15. The summed E-state index contributed by atoms with van der Waals surface area (Å²) in [5, 5.41) is 12.6. The molecule has 0 saturated carbocycles. The molecule has 9 heteroatoms. The van der Waals surface area contributed by atoms with Gasteiger partial charge >= 0.3 is 5.69 Å². The SMILES string of the molecule is COc1cc(-c2nc3cc(Cl)c(Cl)cc3[nH]2)cc([N+](=O)[O-])c1OCc1ccccc1C. The Labute approximate surface area is 187 Å². The van der Waals surface area contributed by atoms with Gasteiger partial charge in [0.15, 0.2) is 5.75 Å². The molecule has 158 valence electrons. The molecule has 0 spiro atoms. The van der Waals surface area contributed by atoms with Crippen molar-refractivity contribution in [1.82, 2.24) is 9.97 Å². The summed E-state index contributed by atoms with van der Waals surface area (Å²) in [5.41, 5.74) is 3.45. The van der Waals surface area contributed by atoms with E-state index in [1.165, 1.54) is 13.2 Å². The molecular formula is C22H17Cl2N3O4. The van der Waals surface area contributed by atoms with E-state index < -0.39 is 4.92 Å². The lowest BCUT2D eigenvalue weighted by Gasteiger charge is -2.13. The highest BCUT2D eigenvalue weighted by Crippen LogP contribution is 2.41. The standard InChI is InChI=1S/C22H17Cl2N3O4/c1-12-5-3-4-6-13(12)11-31-21-19(27(28)29)7-14(8-20(21)30-2)22-25-17-9-15(23)16(24)10-18(17)26-22/h3-10H,11H2,1-2H3,(H,25,26). The lowest BCUT2D eigenvalue weighted by molar-refractivity contribution is -0.386. The maximum atomic E-state index is 11.8. The third-order valence-electron chi connectivity index (χ3n) is 4.88. The van der Waals surface area contributed by atoms with Gasteiger partial charge < -0.3 is 14.5 Å². The van der Waals surface area contributed by atoms with E-state index in [-0.39, 0.29) is 23.8 Å². The third-order valence-corrected chi connectivity index (χ3v) is 5.60. The fourth-order valence-electron chi connectivity index (χ4n) is 3.22. The molecule has 4 aromatic rings. The second-order valence-corrected chi connectivity index (χ2v) is 7.68. The number of rotatable bonds is 6. The molecule has 0 aliphatic carbocycles. The molecule has 1 heterocycles. The lowest BCUT2D eigenvalue weighted by Crippen LogP contribution is -2.03. The first kappa shape index (κ1) is 21.0. The van der Waals surface area contributed by atoms with Crippen molar-refractivity contribution in [3.05, 3.63) is 79.8 Å². The highest BCUT2D eigenvalue weighted by atomic mass is 35.5. The average molecular weight is 458 g/mol. The molecule has 31 heavy (non-hydrogen) atoms. The Kier molecular flexibility index (Phi) is 5.71. The number of hydrogen-bond donors (Lipinski definition) is 1. The quantitative estimate of drug-likeness (QED) is 0.269. The molecule has 0 amide bonds. The normalized spacial score (nSPS) is 11.0. The maximum Gasteiger partial charge on any atom is 0.315 e. The van der Waals surface area contributed by atoms with E-state index in [0.717, 1.165) is 11.1 Å². The van der Waals surface area contributed by atoms with Crippen molar-refractivity contribution < 1.29 is 14.4 Å². The van der Waals surface area contributed by atoms with Gasteiger partial charge in [0, 0.05) is 11.6 Å². The Morgan fingerprint density at radius 1 is 1.13 bits per heavy atom. The van der Waals surface area contributed by atoms with Crippen molar-refractivity contribution in [2.24, 2.45) is 0 Å². The van der Waals surface area contributed by atoms with Crippen LogP contribution in [0.1, 0.15) is 11.1 Å². The molecule has 0 unspecified atom stereocenters. The van der Waals surface area contributed by atoms with Gasteiger partial charge in [0.2, 0.25) is 5.75 Å². The molecular weight excluding hydrogens is 441 g/mol. The number of hydrogen-bond acceptors (Lipinski definition) is 5. The van der Waals surface area contributed by atoms with E-state index in [9.17, 15) is 10.1 Å². The number of benzene rings is 3. The van der Waals surface area contributed by atoms with Crippen molar-refractivity contribution in [2.45, 2.75) is 13.5 Å². The summed E-state index contributed by atoms with van der Waals surface area (Å²) < 4.78 is 11.3. The number of nitro groups is 1. The molecule has 0 atom stereocenters. The summed E-state index contributed by atoms with van der Waals surface area (Å²) in [6.45, 7) is 2.12. The van der Waals surface area contributed by atoms with Gasteiger partial charge in [0.05, 0.1) is 33.1 Å². The second kappa shape index (κ2) is 8.45. The minimum atomic E-state index is -0.504. The van der Waals surface area contributed by atoms with Crippen LogP contribution in [0.5, 0.6) is 11.5 Å². The van der Waals surface area contributed by atoms with Crippen molar-refractivity contribution >= 4 is 39.9 Å². The van der Waals surface area contributed by atoms with Crippen LogP contribution >= 0.6 is 23.2 Å². The Bertz CT molecular complexity index is 1260. The fourth-order valence-corrected chi connectivity index (χ4v) is 3.54. The molecule has 4 rings (SSSR count). The number of nitrogens with zero attached hydrogens (tertiary/aromatic N) is 2.